The maximum absolute atomic E-state index is 13.3. The Morgan fingerprint density at radius 2 is 1.75 bits per heavy atom. The second-order valence-corrected chi connectivity index (χ2v) is 9.76. The number of carbonyl (C=O) groups excluding carboxylic acids is 3. The third kappa shape index (κ3) is 4.26. The Labute approximate surface area is 210 Å². The van der Waals surface area contributed by atoms with Crippen molar-refractivity contribution in [1.82, 2.24) is 9.13 Å². The number of ketones is 1. The molecule has 1 fully saturated rings. The minimum Gasteiger partial charge on any atom is -0.454 e. The van der Waals surface area contributed by atoms with Gasteiger partial charge in [-0.2, -0.15) is 0 Å². The number of Topliss-reactive ketones (excluding diaryl/α,β-unsaturated/α-hetero) is 1. The van der Waals surface area contributed by atoms with E-state index < -0.39 is 46.6 Å². The predicted octanol–water partition coefficient (Wildman–Crippen LogP) is 1.94. The van der Waals surface area contributed by atoms with Crippen molar-refractivity contribution in [2.24, 2.45) is 20.0 Å². The van der Waals surface area contributed by atoms with Crippen LogP contribution in [0.15, 0.2) is 51.4 Å². The van der Waals surface area contributed by atoms with Crippen LogP contribution in [0.1, 0.15) is 40.2 Å². The van der Waals surface area contributed by atoms with E-state index in [0.717, 1.165) is 19.6 Å². The zero-order valence-corrected chi connectivity index (χ0v) is 21.1. The molecule has 0 spiro atoms. The number of hydrogen-bond acceptors (Lipinski definition) is 8. The minimum atomic E-state index is -1.36. The average molecular weight is 511 g/mol. The number of nitrogen functional groups attached to an aromatic ring is 1. The van der Waals surface area contributed by atoms with Crippen LogP contribution in [-0.2, 0) is 28.4 Å². The minimum absolute atomic E-state index is 0.0973. The van der Waals surface area contributed by atoms with Crippen molar-refractivity contribution < 1.29 is 19.1 Å². The number of amides is 1. The first-order valence-electron chi connectivity index (χ1n) is 11.2. The lowest BCUT2D eigenvalue weighted by Gasteiger charge is -2.27. The topological polar surface area (TPSA) is 134 Å². The first-order chi connectivity index (χ1) is 17.0. The predicted molar refractivity (Wildman–Crippen MR) is 135 cm³/mol. The van der Waals surface area contributed by atoms with Crippen molar-refractivity contribution in [3.63, 3.8) is 0 Å². The number of anilines is 2. The van der Waals surface area contributed by atoms with Gasteiger partial charge in [0.2, 0.25) is 11.7 Å². The molecule has 0 bridgehead atoms. The molecule has 3 atom stereocenters. The van der Waals surface area contributed by atoms with Gasteiger partial charge in [0.05, 0.1) is 12.0 Å². The summed E-state index contributed by atoms with van der Waals surface area (Å²) < 4.78 is 7.24. The van der Waals surface area contributed by atoms with Crippen LogP contribution in [0.2, 0.25) is 0 Å². The van der Waals surface area contributed by atoms with Gasteiger partial charge >= 0.3 is 11.7 Å². The van der Waals surface area contributed by atoms with Gasteiger partial charge in [-0.15, -0.1) is 11.3 Å². The third-order valence-electron chi connectivity index (χ3n) is 6.39. The van der Waals surface area contributed by atoms with E-state index in [9.17, 15) is 24.0 Å². The Kier molecular flexibility index (Phi) is 6.68. The lowest BCUT2D eigenvalue weighted by molar-refractivity contribution is -0.151. The molecule has 1 aromatic carbocycles. The molecule has 0 aliphatic carbocycles. The summed E-state index contributed by atoms with van der Waals surface area (Å²) >= 11 is 1.41. The van der Waals surface area contributed by atoms with E-state index in [1.165, 1.54) is 32.4 Å². The van der Waals surface area contributed by atoms with Crippen molar-refractivity contribution in [1.29, 1.82) is 0 Å². The van der Waals surface area contributed by atoms with Crippen LogP contribution in [0.25, 0.3) is 0 Å². The summed E-state index contributed by atoms with van der Waals surface area (Å²) in [7, 11) is 2.56. The largest absolute Gasteiger partial charge is 0.454 e. The van der Waals surface area contributed by atoms with Crippen molar-refractivity contribution in [2.45, 2.75) is 32.4 Å². The summed E-state index contributed by atoms with van der Waals surface area (Å²) in [5.41, 5.74) is 5.58. The summed E-state index contributed by atoms with van der Waals surface area (Å²) in [4.78, 5) is 66.5. The number of rotatable bonds is 6. The molecular formula is C25H26N4O6S. The van der Waals surface area contributed by atoms with E-state index in [0.29, 0.717) is 5.69 Å². The Morgan fingerprint density at radius 1 is 1.08 bits per heavy atom. The fraction of sp³-hybridized carbons (Fsp3) is 0.320. The Hall–Kier alpha value is -3.99. The molecule has 11 heteroatoms. The van der Waals surface area contributed by atoms with Gasteiger partial charge in [-0.3, -0.25) is 28.3 Å². The highest BCUT2D eigenvalue weighted by molar-refractivity contribution is 7.10. The standard InChI is InChI=1S/C25H26N4O6S/c1-13-7-9-15(10-8-13)29-18(30)12-16(20(29)17-6-5-11-36-17)24(33)35-14(2)21(31)19-22(26)27(3)25(34)28(4)23(19)32/h5-11,14,16,20H,12,26H2,1-4H3. The highest BCUT2D eigenvalue weighted by atomic mass is 32.1. The van der Waals surface area contributed by atoms with Crippen molar-refractivity contribution >= 4 is 40.5 Å². The molecule has 188 valence electrons. The zero-order valence-electron chi connectivity index (χ0n) is 20.3. The average Bonchev–Trinajstić information content (AvgIpc) is 3.50. The maximum Gasteiger partial charge on any atom is 0.332 e. The van der Waals surface area contributed by atoms with Gasteiger partial charge in [0.25, 0.3) is 5.56 Å². The van der Waals surface area contributed by atoms with Crippen molar-refractivity contribution in [3.05, 3.63) is 78.6 Å². The van der Waals surface area contributed by atoms with Crippen molar-refractivity contribution in [3.8, 4) is 0 Å². The van der Waals surface area contributed by atoms with Crippen LogP contribution in [0.4, 0.5) is 11.5 Å². The number of ether oxygens (including phenoxy) is 1. The maximum atomic E-state index is 13.3. The van der Waals surface area contributed by atoms with Gasteiger partial charge in [-0.05, 0) is 37.4 Å². The third-order valence-corrected chi connectivity index (χ3v) is 7.33. The quantitative estimate of drug-likeness (QED) is 0.396. The van der Waals surface area contributed by atoms with Crippen LogP contribution >= 0.6 is 11.3 Å². The molecule has 1 amide bonds. The molecule has 0 radical (unpaired) electrons. The fourth-order valence-electron chi connectivity index (χ4n) is 4.35. The number of thiophene rings is 1. The van der Waals surface area contributed by atoms with E-state index >= 15 is 0 Å². The molecule has 2 aromatic heterocycles. The van der Waals surface area contributed by atoms with Gasteiger partial charge in [-0.1, -0.05) is 23.8 Å². The molecule has 1 aliphatic rings. The van der Waals surface area contributed by atoms with E-state index in [1.807, 2.05) is 48.7 Å². The molecule has 3 heterocycles. The number of aromatic nitrogens is 2. The molecule has 4 rings (SSSR count). The Bertz CT molecular complexity index is 1460. The van der Waals surface area contributed by atoms with Gasteiger partial charge < -0.3 is 15.4 Å². The monoisotopic (exact) mass is 510 g/mol. The number of nitrogens with two attached hydrogens (primary N) is 1. The van der Waals surface area contributed by atoms with Gasteiger partial charge in [0, 0.05) is 31.1 Å². The molecule has 10 nitrogen and oxygen atoms in total. The van der Waals surface area contributed by atoms with E-state index in [1.54, 1.807) is 4.90 Å². The van der Waals surface area contributed by atoms with E-state index in [2.05, 4.69) is 0 Å². The van der Waals surface area contributed by atoms with Gasteiger partial charge in [0.15, 0.2) is 6.10 Å². The molecule has 3 aromatic rings. The number of benzene rings is 1. The van der Waals surface area contributed by atoms with Crippen LogP contribution in [0.5, 0.6) is 0 Å². The number of esters is 1. The molecule has 1 saturated heterocycles. The first-order valence-corrected chi connectivity index (χ1v) is 12.1. The Morgan fingerprint density at radius 3 is 2.36 bits per heavy atom. The van der Waals surface area contributed by atoms with Gasteiger partial charge in [-0.25, -0.2) is 4.79 Å². The first kappa shape index (κ1) is 25.1. The summed E-state index contributed by atoms with van der Waals surface area (Å²) in [6, 6.07) is 10.5. The number of hydrogen-bond donors (Lipinski definition) is 1. The van der Waals surface area contributed by atoms with Crippen LogP contribution < -0.4 is 21.9 Å². The smallest absolute Gasteiger partial charge is 0.332 e. The second kappa shape index (κ2) is 9.57. The molecule has 1 aliphatic heterocycles. The SMILES string of the molecule is Cc1ccc(N2C(=O)CC(C(=O)OC(C)C(=O)c3c(N)n(C)c(=O)n(C)c3=O)C2c2cccs2)cc1. The molecule has 36 heavy (non-hydrogen) atoms. The zero-order chi connectivity index (χ0) is 26.3. The van der Waals surface area contributed by atoms with Crippen molar-refractivity contribution in [2.75, 3.05) is 10.6 Å². The molecule has 2 N–H and O–H groups in total. The molecule has 3 unspecified atom stereocenters. The second-order valence-electron chi connectivity index (χ2n) is 8.78. The van der Waals surface area contributed by atoms with E-state index in [-0.39, 0.29) is 18.1 Å². The van der Waals surface area contributed by atoms with Gasteiger partial charge in [0.1, 0.15) is 11.4 Å². The summed E-state index contributed by atoms with van der Waals surface area (Å²) in [6.07, 6.45) is -1.46. The van der Waals surface area contributed by atoms with Crippen LogP contribution in [0.3, 0.4) is 0 Å². The lowest BCUT2D eigenvalue weighted by atomic mass is 9.98. The van der Waals surface area contributed by atoms with Crippen LogP contribution in [0, 0.1) is 12.8 Å². The summed E-state index contributed by atoms with van der Waals surface area (Å²) in [5, 5.41) is 1.86. The molecule has 0 saturated carbocycles. The fourth-order valence-corrected chi connectivity index (χ4v) is 5.23. The number of carbonyl (C=O) groups is 3. The van der Waals surface area contributed by atoms with E-state index in [4.69, 9.17) is 10.5 Å². The number of nitrogens with zero attached hydrogens (tertiary/aromatic N) is 3. The Balaban J connectivity index is 1.64. The summed E-state index contributed by atoms with van der Waals surface area (Å²) in [6.45, 7) is 3.27. The highest BCUT2D eigenvalue weighted by Gasteiger charge is 2.47. The summed E-state index contributed by atoms with van der Waals surface area (Å²) in [5.74, 6) is -2.99. The highest BCUT2D eigenvalue weighted by Crippen LogP contribution is 2.43. The molecular weight excluding hydrogens is 484 g/mol. The van der Waals surface area contributed by atoms with Crippen LogP contribution in [-0.4, -0.2) is 32.9 Å². The normalized spacial score (nSPS) is 18.3. The number of aryl methyl sites for hydroxylation is 1. The lowest BCUT2D eigenvalue weighted by Crippen LogP contribution is -2.43.